The predicted molar refractivity (Wildman–Crippen MR) is 130 cm³/mol. The van der Waals surface area contributed by atoms with Crippen LogP contribution >= 0.6 is 11.3 Å². The monoisotopic (exact) mass is 503 g/mol. The van der Waals surface area contributed by atoms with Gasteiger partial charge in [-0.15, -0.1) is 11.3 Å². The maximum Gasteiger partial charge on any atom is 0.457 e. The standard InChI is InChI=1S/C25H24F3N3O3S/c1-15(7-8-25(26,27)28)34-21-11-17(5-6-19(21)24(32)33-4)20-10-18(12-30-23(20)29)22-9-16(14-35-22)13-31(2)3/h5-6,9-12,14-15H,13H2,1-4H3,(H2,29,30). The van der Waals surface area contributed by atoms with Gasteiger partial charge in [0.1, 0.15) is 17.1 Å². The number of ether oxygens (including phenoxy) is 2. The van der Waals surface area contributed by atoms with Crippen LogP contribution in [0, 0.1) is 11.8 Å². The van der Waals surface area contributed by atoms with Crippen LogP contribution in [0.5, 0.6) is 5.75 Å². The van der Waals surface area contributed by atoms with Crippen LogP contribution in [-0.4, -0.2) is 49.3 Å². The van der Waals surface area contributed by atoms with Crippen LogP contribution in [0.3, 0.4) is 0 Å². The molecule has 6 nitrogen and oxygen atoms in total. The number of esters is 1. The van der Waals surface area contributed by atoms with Crippen LogP contribution in [0.2, 0.25) is 0 Å². The number of carbonyl (C=O) groups excluding carboxylic acids is 1. The van der Waals surface area contributed by atoms with Crippen molar-refractivity contribution in [2.75, 3.05) is 26.9 Å². The summed E-state index contributed by atoms with van der Waals surface area (Å²) in [5.74, 6) is 2.73. The number of nitrogens with zero attached hydrogens (tertiary/aromatic N) is 2. The number of alkyl halides is 3. The van der Waals surface area contributed by atoms with Crippen molar-refractivity contribution in [3.8, 4) is 39.2 Å². The smallest absolute Gasteiger partial charge is 0.457 e. The molecule has 0 saturated heterocycles. The summed E-state index contributed by atoms with van der Waals surface area (Å²) >= 11 is 1.58. The molecule has 0 radical (unpaired) electrons. The van der Waals surface area contributed by atoms with E-state index >= 15 is 0 Å². The van der Waals surface area contributed by atoms with E-state index in [9.17, 15) is 18.0 Å². The number of hydrogen-bond donors (Lipinski definition) is 1. The number of carbonyl (C=O) groups is 1. The van der Waals surface area contributed by atoms with Crippen molar-refractivity contribution in [3.63, 3.8) is 0 Å². The minimum absolute atomic E-state index is 0.0209. The fraction of sp³-hybridized carbons (Fsp3) is 0.280. The molecule has 0 amide bonds. The summed E-state index contributed by atoms with van der Waals surface area (Å²) in [6.07, 6.45) is -4.11. The molecule has 2 N–H and O–H groups in total. The van der Waals surface area contributed by atoms with Crippen LogP contribution < -0.4 is 10.5 Å². The molecular weight excluding hydrogens is 479 g/mol. The molecule has 0 aliphatic heterocycles. The molecule has 1 aromatic carbocycles. The zero-order valence-corrected chi connectivity index (χ0v) is 20.4. The Morgan fingerprint density at radius 1 is 1.23 bits per heavy atom. The second kappa shape index (κ2) is 10.8. The number of nitrogen functional groups attached to an aromatic ring is 1. The highest BCUT2D eigenvalue weighted by Gasteiger charge is 2.24. The minimum atomic E-state index is -4.65. The van der Waals surface area contributed by atoms with Crippen molar-refractivity contribution in [2.24, 2.45) is 0 Å². The van der Waals surface area contributed by atoms with E-state index in [1.54, 1.807) is 23.6 Å². The normalized spacial score (nSPS) is 12.1. The van der Waals surface area contributed by atoms with Gasteiger partial charge in [0, 0.05) is 34.7 Å². The van der Waals surface area contributed by atoms with Gasteiger partial charge in [-0.1, -0.05) is 6.07 Å². The second-order valence-corrected chi connectivity index (χ2v) is 8.85. The number of thiophene rings is 1. The Balaban J connectivity index is 2.00. The molecule has 35 heavy (non-hydrogen) atoms. The topological polar surface area (TPSA) is 77.7 Å². The molecular formula is C25H24F3N3O3S. The molecule has 0 spiro atoms. The average molecular weight is 504 g/mol. The van der Waals surface area contributed by atoms with Gasteiger partial charge in [-0.05, 0) is 67.7 Å². The van der Waals surface area contributed by atoms with Gasteiger partial charge < -0.3 is 20.1 Å². The third-order valence-corrected chi connectivity index (χ3v) is 5.80. The number of rotatable bonds is 7. The van der Waals surface area contributed by atoms with E-state index in [0.717, 1.165) is 17.0 Å². The number of nitrogens with two attached hydrogens (primary N) is 1. The van der Waals surface area contributed by atoms with Gasteiger partial charge in [-0.2, -0.15) is 13.2 Å². The largest absolute Gasteiger partial charge is 0.477 e. The van der Waals surface area contributed by atoms with Crippen LogP contribution in [-0.2, 0) is 11.3 Å². The summed E-state index contributed by atoms with van der Waals surface area (Å²) in [5.41, 5.74) is 9.37. The lowest BCUT2D eigenvalue weighted by atomic mass is 10.0. The Morgan fingerprint density at radius 2 is 1.97 bits per heavy atom. The number of methoxy groups -OCH3 is 1. The van der Waals surface area contributed by atoms with E-state index in [1.165, 1.54) is 37.7 Å². The first kappa shape index (κ1) is 26.1. The van der Waals surface area contributed by atoms with Crippen molar-refractivity contribution in [1.29, 1.82) is 0 Å². The lowest BCUT2D eigenvalue weighted by molar-refractivity contribution is -0.0699. The van der Waals surface area contributed by atoms with Gasteiger partial charge in [0.25, 0.3) is 0 Å². The molecule has 2 heterocycles. The van der Waals surface area contributed by atoms with E-state index in [0.29, 0.717) is 11.1 Å². The number of pyridine rings is 1. The Hall–Kier alpha value is -3.55. The van der Waals surface area contributed by atoms with E-state index in [2.05, 4.69) is 21.3 Å². The predicted octanol–water partition coefficient (Wildman–Crippen LogP) is 5.24. The molecule has 184 valence electrons. The zero-order valence-electron chi connectivity index (χ0n) is 19.6. The molecule has 0 fully saturated rings. The first-order valence-electron chi connectivity index (χ1n) is 10.4. The fourth-order valence-corrected chi connectivity index (χ4v) is 4.17. The summed E-state index contributed by atoms with van der Waals surface area (Å²) in [6.45, 7) is 2.15. The molecule has 0 bridgehead atoms. The number of hydrogen-bond acceptors (Lipinski definition) is 7. The summed E-state index contributed by atoms with van der Waals surface area (Å²) in [7, 11) is 5.19. The maximum atomic E-state index is 12.5. The van der Waals surface area contributed by atoms with Gasteiger partial charge in [0.2, 0.25) is 0 Å². The zero-order chi connectivity index (χ0) is 25.8. The number of benzene rings is 1. The van der Waals surface area contributed by atoms with Gasteiger partial charge in [0.05, 0.1) is 7.11 Å². The van der Waals surface area contributed by atoms with Crippen molar-refractivity contribution in [1.82, 2.24) is 9.88 Å². The molecule has 1 unspecified atom stereocenters. The fourth-order valence-electron chi connectivity index (χ4n) is 3.29. The number of anilines is 1. The highest BCUT2D eigenvalue weighted by atomic mass is 32.1. The lowest BCUT2D eigenvalue weighted by Crippen LogP contribution is -2.14. The van der Waals surface area contributed by atoms with Crippen molar-refractivity contribution < 1.29 is 27.4 Å². The Labute approximate surface area is 205 Å². The lowest BCUT2D eigenvalue weighted by Gasteiger charge is -2.15. The van der Waals surface area contributed by atoms with E-state index in [-0.39, 0.29) is 17.1 Å². The van der Waals surface area contributed by atoms with Crippen LogP contribution in [0.15, 0.2) is 41.9 Å². The third kappa shape index (κ3) is 6.97. The van der Waals surface area contributed by atoms with E-state index < -0.39 is 18.2 Å². The van der Waals surface area contributed by atoms with Crippen LogP contribution in [0.4, 0.5) is 19.0 Å². The van der Waals surface area contributed by atoms with Gasteiger partial charge in [-0.25, -0.2) is 9.78 Å². The summed E-state index contributed by atoms with van der Waals surface area (Å²) in [6, 6.07) is 8.58. The quantitative estimate of drug-likeness (QED) is 0.351. The highest BCUT2D eigenvalue weighted by Crippen LogP contribution is 2.35. The summed E-state index contributed by atoms with van der Waals surface area (Å²) < 4.78 is 47.7. The van der Waals surface area contributed by atoms with Crippen LogP contribution in [0.1, 0.15) is 22.8 Å². The number of aromatic nitrogens is 1. The molecule has 3 aromatic rings. The minimum Gasteiger partial charge on any atom is -0.477 e. The summed E-state index contributed by atoms with van der Waals surface area (Å²) in [5, 5.41) is 2.08. The third-order valence-electron chi connectivity index (χ3n) is 4.77. The molecule has 0 aliphatic carbocycles. The molecule has 10 heteroatoms. The first-order chi connectivity index (χ1) is 16.5. The van der Waals surface area contributed by atoms with Crippen molar-refractivity contribution in [3.05, 3.63) is 53.0 Å². The second-order valence-electron chi connectivity index (χ2n) is 7.94. The Bertz CT molecular complexity index is 1280. The highest BCUT2D eigenvalue weighted by molar-refractivity contribution is 7.13. The number of halogens is 3. The van der Waals surface area contributed by atoms with Crippen molar-refractivity contribution >= 4 is 23.1 Å². The molecule has 1 atom stereocenters. The van der Waals surface area contributed by atoms with Crippen LogP contribution in [0.25, 0.3) is 21.6 Å². The van der Waals surface area contributed by atoms with Gasteiger partial charge >= 0.3 is 12.1 Å². The first-order valence-corrected chi connectivity index (χ1v) is 11.3. The molecule has 0 saturated carbocycles. The van der Waals surface area contributed by atoms with Gasteiger partial charge in [0.15, 0.2) is 6.10 Å². The SMILES string of the molecule is COC(=O)c1ccc(-c2cc(-c3cc(CN(C)C)cs3)cnc2N)cc1OC(C)C#CC(F)(F)F. The average Bonchev–Trinajstić information content (AvgIpc) is 3.24. The maximum absolute atomic E-state index is 12.5. The van der Waals surface area contributed by atoms with E-state index in [1.807, 2.05) is 26.1 Å². The Kier molecular flexibility index (Phi) is 8.04. The molecule has 2 aromatic heterocycles. The van der Waals surface area contributed by atoms with Crippen molar-refractivity contribution in [2.45, 2.75) is 25.7 Å². The Morgan fingerprint density at radius 3 is 2.63 bits per heavy atom. The molecule has 0 aliphatic rings. The van der Waals surface area contributed by atoms with Gasteiger partial charge in [-0.3, -0.25) is 0 Å². The summed E-state index contributed by atoms with van der Waals surface area (Å²) in [4.78, 5) is 19.6. The van der Waals surface area contributed by atoms with E-state index in [4.69, 9.17) is 15.2 Å². The molecule has 3 rings (SSSR count).